The van der Waals surface area contributed by atoms with Gasteiger partial charge in [0.05, 0.1) is 5.69 Å². The van der Waals surface area contributed by atoms with E-state index in [2.05, 4.69) is 59.8 Å². The zero-order chi connectivity index (χ0) is 14.4. The van der Waals surface area contributed by atoms with Gasteiger partial charge in [0, 0.05) is 25.8 Å². The van der Waals surface area contributed by atoms with Crippen molar-refractivity contribution in [2.24, 2.45) is 13.0 Å². The van der Waals surface area contributed by atoms with Crippen LogP contribution in [-0.2, 0) is 13.6 Å². The van der Waals surface area contributed by atoms with E-state index >= 15 is 0 Å². The molecule has 20 heavy (non-hydrogen) atoms. The summed E-state index contributed by atoms with van der Waals surface area (Å²) in [7, 11) is 1.89. The summed E-state index contributed by atoms with van der Waals surface area (Å²) in [5, 5.41) is 11.8. The van der Waals surface area contributed by atoms with Gasteiger partial charge in [-0.1, -0.05) is 62.2 Å². The Bertz CT molecular complexity index is 502. The molecule has 4 heteroatoms. The smallest absolute Gasteiger partial charge is 0.0964 e. The van der Waals surface area contributed by atoms with E-state index in [-0.39, 0.29) is 0 Å². The fraction of sp³-hybridized carbons (Fsp3) is 0.500. The molecule has 2 aromatic rings. The van der Waals surface area contributed by atoms with E-state index in [9.17, 15) is 0 Å². The van der Waals surface area contributed by atoms with Gasteiger partial charge in [0.2, 0.25) is 0 Å². The van der Waals surface area contributed by atoms with Crippen LogP contribution < -0.4 is 5.32 Å². The highest BCUT2D eigenvalue weighted by Gasteiger charge is 2.20. The van der Waals surface area contributed by atoms with Crippen LogP contribution in [0.25, 0.3) is 0 Å². The Hall–Kier alpha value is -1.68. The zero-order valence-electron chi connectivity index (χ0n) is 12.6. The molecular formula is C16H24N4. The molecule has 0 aliphatic heterocycles. The van der Waals surface area contributed by atoms with E-state index in [1.54, 1.807) is 4.68 Å². The lowest BCUT2D eigenvalue weighted by Crippen LogP contribution is -2.27. The minimum Gasteiger partial charge on any atom is -0.304 e. The molecule has 1 unspecified atom stereocenters. The Morgan fingerprint density at radius 1 is 1.15 bits per heavy atom. The van der Waals surface area contributed by atoms with Crippen LogP contribution in [0.15, 0.2) is 36.5 Å². The minimum absolute atomic E-state index is 0.369. The average Bonchev–Trinajstić information content (AvgIpc) is 2.90. The highest BCUT2D eigenvalue weighted by molar-refractivity contribution is 5.19. The molecule has 1 atom stereocenters. The first-order valence-electron chi connectivity index (χ1n) is 7.38. The van der Waals surface area contributed by atoms with Crippen molar-refractivity contribution in [1.82, 2.24) is 20.3 Å². The number of aromatic nitrogens is 3. The van der Waals surface area contributed by atoms with E-state index in [1.807, 2.05) is 13.2 Å². The van der Waals surface area contributed by atoms with Gasteiger partial charge < -0.3 is 5.32 Å². The summed E-state index contributed by atoms with van der Waals surface area (Å²) in [4.78, 5) is 0. The molecule has 0 bridgehead atoms. The number of rotatable bonds is 7. The fourth-order valence-corrected chi connectivity index (χ4v) is 2.67. The van der Waals surface area contributed by atoms with Gasteiger partial charge in [-0.05, 0) is 11.5 Å². The van der Waals surface area contributed by atoms with Crippen LogP contribution in [-0.4, -0.2) is 15.0 Å². The zero-order valence-corrected chi connectivity index (χ0v) is 12.6. The quantitative estimate of drug-likeness (QED) is 0.842. The molecule has 1 N–H and O–H groups in total. The normalized spacial score (nSPS) is 12.8. The maximum atomic E-state index is 4.14. The van der Waals surface area contributed by atoms with Crippen molar-refractivity contribution in [1.29, 1.82) is 0 Å². The lowest BCUT2D eigenvalue weighted by Gasteiger charge is -2.26. The number of benzene rings is 1. The van der Waals surface area contributed by atoms with Gasteiger partial charge >= 0.3 is 0 Å². The molecule has 2 rings (SSSR count). The van der Waals surface area contributed by atoms with E-state index in [0.717, 1.165) is 12.2 Å². The Labute approximate surface area is 121 Å². The maximum Gasteiger partial charge on any atom is 0.0964 e. The third-order valence-corrected chi connectivity index (χ3v) is 3.83. The molecule has 0 aliphatic rings. The van der Waals surface area contributed by atoms with E-state index in [0.29, 0.717) is 12.0 Å². The largest absolute Gasteiger partial charge is 0.304 e. The van der Waals surface area contributed by atoms with Gasteiger partial charge in [0.25, 0.3) is 0 Å². The molecular weight excluding hydrogens is 248 g/mol. The van der Waals surface area contributed by atoms with Crippen LogP contribution in [0.1, 0.15) is 44.0 Å². The van der Waals surface area contributed by atoms with Gasteiger partial charge in [0.1, 0.15) is 0 Å². The van der Waals surface area contributed by atoms with Crippen LogP contribution >= 0.6 is 0 Å². The van der Waals surface area contributed by atoms with Gasteiger partial charge in [-0.25, -0.2) is 0 Å². The molecule has 1 aromatic carbocycles. The monoisotopic (exact) mass is 272 g/mol. The number of hydrogen-bond acceptors (Lipinski definition) is 3. The van der Waals surface area contributed by atoms with Crippen molar-refractivity contribution in [2.45, 2.75) is 39.3 Å². The predicted molar refractivity (Wildman–Crippen MR) is 81.1 cm³/mol. The predicted octanol–water partition coefficient (Wildman–Crippen LogP) is 3.08. The number of hydrogen-bond donors (Lipinski definition) is 1. The van der Waals surface area contributed by atoms with Gasteiger partial charge in [-0.3, -0.25) is 4.68 Å². The van der Waals surface area contributed by atoms with E-state index in [4.69, 9.17) is 0 Å². The van der Waals surface area contributed by atoms with Crippen molar-refractivity contribution in [3.8, 4) is 0 Å². The third-order valence-electron chi connectivity index (χ3n) is 3.83. The average molecular weight is 272 g/mol. The second-order valence-corrected chi connectivity index (χ2v) is 5.23. The summed E-state index contributed by atoms with van der Waals surface area (Å²) < 4.78 is 1.74. The molecule has 0 spiro atoms. The van der Waals surface area contributed by atoms with Crippen LogP contribution in [0.3, 0.4) is 0 Å². The number of nitrogens with one attached hydrogen (secondary N) is 1. The molecule has 4 nitrogen and oxygen atoms in total. The van der Waals surface area contributed by atoms with Crippen LogP contribution in [0, 0.1) is 5.92 Å². The SMILES string of the molecule is CCC(CC)C(NCc1cn(C)nn1)c1ccccc1. The summed E-state index contributed by atoms with van der Waals surface area (Å²) in [5.41, 5.74) is 2.34. The second-order valence-electron chi connectivity index (χ2n) is 5.23. The minimum atomic E-state index is 0.369. The Kier molecular flexibility index (Phi) is 5.30. The first-order chi connectivity index (χ1) is 9.74. The Morgan fingerprint density at radius 2 is 1.85 bits per heavy atom. The third kappa shape index (κ3) is 3.67. The Balaban J connectivity index is 2.10. The van der Waals surface area contributed by atoms with Gasteiger partial charge in [-0.2, -0.15) is 0 Å². The highest BCUT2D eigenvalue weighted by Crippen LogP contribution is 2.27. The standard InChI is InChI=1S/C16H24N4/c1-4-13(5-2)16(14-9-7-6-8-10-14)17-11-15-12-20(3)19-18-15/h6-10,12-13,16-17H,4-5,11H2,1-3H3. The lowest BCUT2D eigenvalue weighted by molar-refractivity contribution is 0.338. The van der Waals surface area contributed by atoms with Crippen molar-refractivity contribution >= 4 is 0 Å². The maximum absolute atomic E-state index is 4.14. The van der Waals surface area contributed by atoms with E-state index in [1.165, 1.54) is 18.4 Å². The molecule has 0 fully saturated rings. The molecule has 1 heterocycles. The number of aryl methyl sites for hydroxylation is 1. The molecule has 0 saturated heterocycles. The van der Waals surface area contributed by atoms with Gasteiger partial charge in [-0.15, -0.1) is 5.10 Å². The lowest BCUT2D eigenvalue weighted by atomic mass is 9.89. The van der Waals surface area contributed by atoms with Crippen molar-refractivity contribution in [3.05, 3.63) is 47.8 Å². The topological polar surface area (TPSA) is 42.7 Å². The van der Waals surface area contributed by atoms with Crippen molar-refractivity contribution in [2.75, 3.05) is 0 Å². The fourth-order valence-electron chi connectivity index (χ4n) is 2.67. The first-order valence-corrected chi connectivity index (χ1v) is 7.38. The second kappa shape index (κ2) is 7.20. The number of nitrogens with zero attached hydrogens (tertiary/aromatic N) is 3. The summed E-state index contributed by atoms with van der Waals surface area (Å²) in [6, 6.07) is 11.0. The summed E-state index contributed by atoms with van der Waals surface area (Å²) in [6.07, 6.45) is 4.30. The molecule has 0 saturated carbocycles. The molecule has 0 amide bonds. The Morgan fingerprint density at radius 3 is 2.40 bits per heavy atom. The van der Waals surface area contributed by atoms with Gasteiger partial charge in [0.15, 0.2) is 0 Å². The van der Waals surface area contributed by atoms with E-state index < -0.39 is 0 Å². The van der Waals surface area contributed by atoms with Crippen molar-refractivity contribution in [3.63, 3.8) is 0 Å². The van der Waals surface area contributed by atoms with Crippen LogP contribution in [0.4, 0.5) is 0 Å². The highest BCUT2D eigenvalue weighted by atomic mass is 15.4. The van der Waals surface area contributed by atoms with Crippen LogP contribution in [0.5, 0.6) is 0 Å². The van der Waals surface area contributed by atoms with Crippen LogP contribution in [0.2, 0.25) is 0 Å². The summed E-state index contributed by atoms with van der Waals surface area (Å²) in [5.74, 6) is 0.633. The molecule has 0 aliphatic carbocycles. The summed E-state index contributed by atoms with van der Waals surface area (Å²) in [6.45, 7) is 5.27. The molecule has 0 radical (unpaired) electrons. The molecule has 1 aromatic heterocycles. The molecule has 108 valence electrons. The summed E-state index contributed by atoms with van der Waals surface area (Å²) >= 11 is 0. The first kappa shape index (κ1) is 14.7. The van der Waals surface area contributed by atoms with Crippen molar-refractivity contribution < 1.29 is 0 Å².